The molecule has 1 amide bonds. The van der Waals surface area contributed by atoms with Gasteiger partial charge in [0.25, 0.3) is 5.91 Å². The average Bonchev–Trinajstić information content (AvgIpc) is 3.31. The number of aryl methyl sites for hydroxylation is 2. The number of fused-ring (bicyclic) bond motifs is 5. The summed E-state index contributed by atoms with van der Waals surface area (Å²) in [4.78, 5) is 19.0. The number of nitrogens with one attached hydrogen (secondary N) is 2. The molecule has 8 nitrogen and oxygen atoms in total. The predicted molar refractivity (Wildman–Crippen MR) is 134 cm³/mol. The minimum absolute atomic E-state index is 0.0924. The third kappa shape index (κ3) is 4.11. The van der Waals surface area contributed by atoms with Gasteiger partial charge < -0.3 is 4.74 Å². The van der Waals surface area contributed by atoms with Gasteiger partial charge in [-0.3, -0.25) is 20.0 Å². The van der Waals surface area contributed by atoms with E-state index in [2.05, 4.69) is 15.1 Å². The van der Waals surface area contributed by atoms with Crippen LogP contribution in [-0.4, -0.2) is 63.5 Å². The number of alkyl halides is 3. The predicted octanol–water partition coefficient (Wildman–Crippen LogP) is 4.41. The maximum absolute atomic E-state index is 14.3. The number of benzene rings is 2. The summed E-state index contributed by atoms with van der Waals surface area (Å²) in [5, 5.41) is 17.2. The fraction of sp³-hybridized carbons (Fsp3) is 0.370. The first-order chi connectivity index (χ1) is 18.3. The number of amides is 1. The van der Waals surface area contributed by atoms with Crippen molar-refractivity contribution >= 4 is 27.7 Å². The Morgan fingerprint density at radius 2 is 1.89 bits per heavy atom. The van der Waals surface area contributed by atoms with Crippen LogP contribution < -0.4 is 5.48 Å². The van der Waals surface area contributed by atoms with Crippen molar-refractivity contribution < 1.29 is 27.9 Å². The van der Waals surface area contributed by atoms with Crippen molar-refractivity contribution in [3.8, 4) is 11.3 Å². The molecule has 1 aliphatic carbocycles. The van der Waals surface area contributed by atoms with Crippen LogP contribution in [0.4, 0.5) is 13.2 Å². The number of carbonyl (C=O) groups is 1. The molecule has 1 atom stereocenters. The van der Waals surface area contributed by atoms with Crippen molar-refractivity contribution in [2.24, 2.45) is 0 Å². The van der Waals surface area contributed by atoms with Crippen LogP contribution in [0.25, 0.3) is 33.1 Å². The van der Waals surface area contributed by atoms with Crippen LogP contribution >= 0.6 is 0 Å². The lowest BCUT2D eigenvalue weighted by Gasteiger charge is -2.38. The van der Waals surface area contributed by atoms with Gasteiger partial charge in [-0.1, -0.05) is 12.1 Å². The van der Waals surface area contributed by atoms with Gasteiger partial charge in [0.15, 0.2) is 0 Å². The van der Waals surface area contributed by atoms with E-state index >= 15 is 0 Å². The van der Waals surface area contributed by atoms with Crippen LogP contribution in [0.5, 0.6) is 0 Å². The number of aromatic nitrogens is 3. The van der Waals surface area contributed by atoms with E-state index in [0.29, 0.717) is 53.8 Å². The molecule has 4 aromatic rings. The number of hydrogen-bond acceptors (Lipinski definition) is 6. The SMILES string of the molecule is Cc1[nH]nc2cc(C(F)(F)F)c3nc(-c4ccc(C(=O)NO)cc4)c4c(c3c12)CCC(N1CCOCC1)C4. The number of pyridine rings is 1. The molecule has 1 unspecified atom stereocenters. The largest absolute Gasteiger partial charge is 0.418 e. The highest BCUT2D eigenvalue weighted by atomic mass is 19.4. The molecule has 1 aliphatic heterocycles. The minimum atomic E-state index is -4.62. The fourth-order valence-corrected chi connectivity index (χ4v) is 5.91. The zero-order chi connectivity index (χ0) is 26.6. The first kappa shape index (κ1) is 24.8. The summed E-state index contributed by atoms with van der Waals surface area (Å²) in [6, 6.07) is 7.65. The van der Waals surface area contributed by atoms with Crippen LogP contribution in [0.1, 0.15) is 39.2 Å². The molecule has 3 heterocycles. The zero-order valence-electron chi connectivity index (χ0n) is 20.7. The molecule has 0 radical (unpaired) electrons. The Balaban J connectivity index is 1.62. The first-order valence-corrected chi connectivity index (χ1v) is 12.5. The lowest BCUT2D eigenvalue weighted by molar-refractivity contribution is -0.136. The molecule has 0 spiro atoms. The highest BCUT2D eigenvalue weighted by molar-refractivity contribution is 6.10. The normalized spacial score (nSPS) is 18.6. The van der Waals surface area contributed by atoms with Gasteiger partial charge in [-0.15, -0.1) is 0 Å². The zero-order valence-corrected chi connectivity index (χ0v) is 20.7. The monoisotopic (exact) mass is 525 g/mol. The van der Waals surface area contributed by atoms with Crippen molar-refractivity contribution in [3.05, 3.63) is 58.3 Å². The smallest absolute Gasteiger partial charge is 0.379 e. The molecule has 0 bridgehead atoms. The van der Waals surface area contributed by atoms with E-state index in [1.54, 1.807) is 17.6 Å². The van der Waals surface area contributed by atoms with Crippen LogP contribution in [0, 0.1) is 6.92 Å². The number of hydroxylamine groups is 1. The van der Waals surface area contributed by atoms with E-state index in [4.69, 9.17) is 14.9 Å². The third-order valence-electron chi connectivity index (χ3n) is 7.73. The molecule has 1 saturated heterocycles. The Labute approximate surface area is 215 Å². The van der Waals surface area contributed by atoms with Gasteiger partial charge in [0.2, 0.25) is 0 Å². The lowest BCUT2D eigenvalue weighted by Crippen LogP contribution is -2.46. The van der Waals surface area contributed by atoms with Crippen molar-refractivity contribution in [1.29, 1.82) is 0 Å². The molecule has 6 rings (SSSR count). The summed E-state index contributed by atoms with van der Waals surface area (Å²) in [6.07, 6.45) is -2.56. The number of halogens is 3. The summed E-state index contributed by atoms with van der Waals surface area (Å²) < 4.78 is 48.5. The lowest BCUT2D eigenvalue weighted by atomic mass is 9.81. The number of carbonyl (C=O) groups excluding carboxylic acids is 1. The van der Waals surface area contributed by atoms with Crippen molar-refractivity contribution in [2.75, 3.05) is 26.3 Å². The van der Waals surface area contributed by atoms with E-state index < -0.39 is 17.6 Å². The Morgan fingerprint density at radius 3 is 2.58 bits per heavy atom. The van der Waals surface area contributed by atoms with Crippen molar-refractivity contribution in [2.45, 2.75) is 38.4 Å². The van der Waals surface area contributed by atoms with E-state index in [1.807, 2.05) is 6.92 Å². The Bertz CT molecular complexity index is 1540. The molecule has 0 saturated carbocycles. The van der Waals surface area contributed by atoms with Gasteiger partial charge in [0, 0.05) is 46.7 Å². The second-order valence-corrected chi connectivity index (χ2v) is 9.87. The number of rotatable bonds is 3. The Kier molecular flexibility index (Phi) is 6.09. The van der Waals surface area contributed by atoms with E-state index in [9.17, 15) is 18.0 Å². The van der Waals surface area contributed by atoms with Gasteiger partial charge in [-0.2, -0.15) is 18.3 Å². The molecule has 11 heteroatoms. The summed E-state index contributed by atoms with van der Waals surface area (Å²) >= 11 is 0. The molecule has 1 fully saturated rings. The molecule has 2 aromatic heterocycles. The van der Waals surface area contributed by atoms with Crippen molar-refractivity contribution in [3.63, 3.8) is 0 Å². The van der Waals surface area contributed by atoms with E-state index in [-0.39, 0.29) is 22.6 Å². The molecule has 3 N–H and O–H groups in total. The summed E-state index contributed by atoms with van der Waals surface area (Å²) in [6.45, 7) is 4.75. The van der Waals surface area contributed by atoms with Crippen LogP contribution in [0.3, 0.4) is 0 Å². The Morgan fingerprint density at radius 1 is 1.16 bits per heavy atom. The second kappa shape index (κ2) is 9.33. The molecule has 2 aliphatic rings. The summed E-state index contributed by atoms with van der Waals surface area (Å²) in [5.74, 6) is -0.672. The first-order valence-electron chi connectivity index (χ1n) is 12.5. The highest BCUT2D eigenvalue weighted by Gasteiger charge is 2.37. The number of nitrogens with zero attached hydrogens (tertiary/aromatic N) is 3. The number of morpholine rings is 1. The number of H-pyrrole nitrogens is 1. The highest BCUT2D eigenvalue weighted by Crippen LogP contribution is 2.44. The average molecular weight is 526 g/mol. The molecule has 38 heavy (non-hydrogen) atoms. The summed E-state index contributed by atoms with van der Waals surface area (Å²) in [5.41, 5.74) is 4.76. The quantitative estimate of drug-likeness (QED) is 0.270. The number of hydrogen-bond donors (Lipinski definition) is 3. The van der Waals surface area contributed by atoms with Gasteiger partial charge >= 0.3 is 6.18 Å². The molecule has 198 valence electrons. The van der Waals surface area contributed by atoms with Gasteiger partial charge in [0.1, 0.15) is 0 Å². The van der Waals surface area contributed by atoms with Gasteiger partial charge in [-0.05, 0) is 55.5 Å². The fourth-order valence-electron chi connectivity index (χ4n) is 5.91. The van der Waals surface area contributed by atoms with Crippen LogP contribution in [-0.2, 0) is 23.8 Å². The molecular weight excluding hydrogens is 499 g/mol. The minimum Gasteiger partial charge on any atom is -0.379 e. The summed E-state index contributed by atoms with van der Waals surface area (Å²) in [7, 11) is 0. The van der Waals surface area contributed by atoms with Crippen LogP contribution in [0.15, 0.2) is 30.3 Å². The third-order valence-corrected chi connectivity index (χ3v) is 7.73. The topological polar surface area (TPSA) is 103 Å². The Hall–Kier alpha value is -3.54. The van der Waals surface area contributed by atoms with E-state index in [0.717, 1.165) is 36.7 Å². The number of ether oxygens (including phenoxy) is 1. The maximum Gasteiger partial charge on any atom is 0.418 e. The maximum atomic E-state index is 14.3. The van der Waals surface area contributed by atoms with Gasteiger partial charge in [-0.25, -0.2) is 10.5 Å². The van der Waals surface area contributed by atoms with E-state index in [1.165, 1.54) is 12.1 Å². The standard InChI is InChI=1S/C27H26F3N5O3/c1-14-22-21(33-32-14)13-20(27(28,29)30)25-23(22)18-7-6-17(35-8-10-38-11-9-35)12-19(18)24(31-25)15-2-4-16(5-3-15)26(36)34-37/h2-5,13,17,37H,6-12H2,1H3,(H,32,33)(H,34,36). The van der Waals surface area contributed by atoms with Gasteiger partial charge in [0.05, 0.1) is 35.5 Å². The molecular formula is C27H26F3N5O3. The van der Waals surface area contributed by atoms with Crippen LogP contribution in [0.2, 0.25) is 0 Å². The van der Waals surface area contributed by atoms with Crippen molar-refractivity contribution in [1.82, 2.24) is 25.6 Å². The second-order valence-electron chi connectivity index (χ2n) is 9.87. The molecule has 2 aromatic carbocycles. The number of aromatic amines is 1.